The fraction of sp³-hybridized carbons (Fsp3) is 0.0714. The zero-order valence-corrected chi connectivity index (χ0v) is 13.1. The fourth-order valence-corrected chi connectivity index (χ4v) is 2.79. The number of nitrogens with one attached hydrogen (secondary N) is 2. The minimum atomic E-state index is -3.46. The number of carbonyl (C=O) groups is 1. The van der Waals surface area contributed by atoms with Crippen LogP contribution in [0.3, 0.4) is 0 Å². The number of hydrogen-bond acceptors (Lipinski definition) is 4. The van der Waals surface area contributed by atoms with Crippen LogP contribution in [-0.2, 0) is 9.84 Å². The van der Waals surface area contributed by atoms with Gasteiger partial charge < -0.3 is 15.7 Å². The van der Waals surface area contributed by atoms with E-state index in [4.69, 9.17) is 11.6 Å². The lowest BCUT2D eigenvalue weighted by atomic mass is 10.3. The van der Waals surface area contributed by atoms with Crippen molar-refractivity contribution >= 4 is 38.8 Å². The van der Waals surface area contributed by atoms with Crippen LogP contribution >= 0.6 is 11.6 Å². The molecule has 0 radical (unpaired) electrons. The topological polar surface area (TPSA) is 95.5 Å². The smallest absolute Gasteiger partial charge is 0.323 e. The SMILES string of the molecule is CS(=O)(=O)c1ccccc1NC(=O)Nc1ccc(O)c(Cl)c1. The lowest BCUT2D eigenvalue weighted by Crippen LogP contribution is -2.20. The maximum absolute atomic E-state index is 11.9. The normalized spacial score (nSPS) is 11.0. The average Bonchev–Trinajstić information content (AvgIpc) is 2.42. The zero-order chi connectivity index (χ0) is 16.3. The molecule has 3 N–H and O–H groups in total. The number of hydrogen-bond donors (Lipinski definition) is 3. The molecular weight excluding hydrogens is 328 g/mol. The van der Waals surface area contributed by atoms with E-state index in [9.17, 15) is 18.3 Å². The van der Waals surface area contributed by atoms with Crippen LogP contribution in [0.15, 0.2) is 47.4 Å². The minimum absolute atomic E-state index is 0.0221. The molecule has 0 unspecified atom stereocenters. The van der Waals surface area contributed by atoms with Crippen LogP contribution < -0.4 is 10.6 Å². The van der Waals surface area contributed by atoms with E-state index >= 15 is 0 Å². The number of anilines is 2. The highest BCUT2D eigenvalue weighted by Crippen LogP contribution is 2.26. The number of phenols is 1. The molecule has 0 aromatic heterocycles. The van der Waals surface area contributed by atoms with Gasteiger partial charge >= 0.3 is 6.03 Å². The first-order valence-electron chi connectivity index (χ1n) is 6.13. The summed E-state index contributed by atoms with van der Waals surface area (Å²) in [5, 5.41) is 14.4. The van der Waals surface area contributed by atoms with Crippen molar-refractivity contribution < 1.29 is 18.3 Å². The lowest BCUT2D eigenvalue weighted by Gasteiger charge is -2.11. The Balaban J connectivity index is 2.18. The Bertz CT molecular complexity index is 821. The van der Waals surface area contributed by atoms with Gasteiger partial charge in [0.15, 0.2) is 9.84 Å². The maximum Gasteiger partial charge on any atom is 0.323 e. The molecule has 0 saturated carbocycles. The molecule has 116 valence electrons. The fourth-order valence-electron chi connectivity index (χ4n) is 1.76. The summed E-state index contributed by atoms with van der Waals surface area (Å²) < 4.78 is 23.3. The minimum Gasteiger partial charge on any atom is -0.506 e. The highest BCUT2D eigenvalue weighted by Gasteiger charge is 2.14. The Morgan fingerprint density at radius 2 is 1.82 bits per heavy atom. The molecule has 6 nitrogen and oxygen atoms in total. The van der Waals surface area contributed by atoms with Gasteiger partial charge in [-0.3, -0.25) is 0 Å². The zero-order valence-electron chi connectivity index (χ0n) is 11.5. The number of para-hydroxylation sites is 1. The third-order valence-corrected chi connectivity index (χ3v) is 4.20. The summed E-state index contributed by atoms with van der Waals surface area (Å²) in [4.78, 5) is 12.0. The Labute approximate surface area is 132 Å². The molecule has 0 aliphatic heterocycles. The number of urea groups is 1. The van der Waals surface area contributed by atoms with Crippen molar-refractivity contribution in [3.63, 3.8) is 0 Å². The number of halogens is 1. The number of benzene rings is 2. The second-order valence-electron chi connectivity index (χ2n) is 4.51. The molecule has 8 heteroatoms. The van der Waals surface area contributed by atoms with E-state index in [1.54, 1.807) is 12.1 Å². The van der Waals surface area contributed by atoms with Crippen LogP contribution in [0, 0.1) is 0 Å². The van der Waals surface area contributed by atoms with Crippen LogP contribution in [0.5, 0.6) is 5.75 Å². The van der Waals surface area contributed by atoms with Gasteiger partial charge in [0.05, 0.1) is 15.6 Å². The molecule has 0 saturated heterocycles. The lowest BCUT2D eigenvalue weighted by molar-refractivity contribution is 0.262. The Morgan fingerprint density at radius 1 is 1.14 bits per heavy atom. The highest BCUT2D eigenvalue weighted by molar-refractivity contribution is 7.90. The second-order valence-corrected chi connectivity index (χ2v) is 6.90. The van der Waals surface area contributed by atoms with E-state index in [0.717, 1.165) is 6.26 Å². The van der Waals surface area contributed by atoms with E-state index < -0.39 is 15.9 Å². The van der Waals surface area contributed by atoms with Gasteiger partial charge in [-0.2, -0.15) is 0 Å². The highest BCUT2D eigenvalue weighted by atomic mass is 35.5. The first-order valence-corrected chi connectivity index (χ1v) is 8.40. The second kappa shape index (κ2) is 6.25. The number of amides is 2. The quantitative estimate of drug-likeness (QED) is 0.748. The third kappa shape index (κ3) is 3.90. The van der Waals surface area contributed by atoms with Crippen molar-refractivity contribution in [2.45, 2.75) is 4.90 Å². The van der Waals surface area contributed by atoms with Gasteiger partial charge in [0.25, 0.3) is 0 Å². The predicted octanol–water partition coefficient (Wildman–Crippen LogP) is 3.09. The van der Waals surface area contributed by atoms with E-state index in [-0.39, 0.29) is 21.4 Å². The Morgan fingerprint density at radius 3 is 2.45 bits per heavy atom. The van der Waals surface area contributed by atoms with E-state index in [0.29, 0.717) is 5.69 Å². The Kier molecular flexibility index (Phi) is 4.58. The van der Waals surface area contributed by atoms with Crippen molar-refractivity contribution in [3.8, 4) is 5.75 Å². The summed E-state index contributed by atoms with van der Waals surface area (Å²) in [6.07, 6.45) is 1.06. The van der Waals surface area contributed by atoms with Crippen molar-refractivity contribution in [2.24, 2.45) is 0 Å². The van der Waals surface area contributed by atoms with E-state index in [1.807, 2.05) is 0 Å². The average molecular weight is 341 g/mol. The van der Waals surface area contributed by atoms with Crippen LogP contribution in [0.25, 0.3) is 0 Å². The molecule has 0 bridgehead atoms. The number of sulfone groups is 1. The first-order chi connectivity index (χ1) is 10.3. The van der Waals surface area contributed by atoms with Gasteiger partial charge in [0, 0.05) is 11.9 Å². The Hall–Kier alpha value is -2.25. The molecule has 0 spiro atoms. The molecule has 2 rings (SSSR count). The predicted molar refractivity (Wildman–Crippen MR) is 85.3 cm³/mol. The third-order valence-electron chi connectivity index (χ3n) is 2.74. The van der Waals surface area contributed by atoms with Gasteiger partial charge in [-0.1, -0.05) is 23.7 Å². The van der Waals surface area contributed by atoms with Crippen molar-refractivity contribution in [1.29, 1.82) is 0 Å². The molecule has 2 aromatic carbocycles. The summed E-state index contributed by atoms with van der Waals surface area (Å²) >= 11 is 5.74. The standard InChI is InChI=1S/C14H13ClN2O4S/c1-22(20,21)13-5-3-2-4-11(13)17-14(19)16-9-6-7-12(18)10(15)8-9/h2-8,18H,1H3,(H2,16,17,19). The van der Waals surface area contributed by atoms with Crippen molar-refractivity contribution in [2.75, 3.05) is 16.9 Å². The molecular formula is C14H13ClN2O4S. The molecule has 2 aromatic rings. The van der Waals surface area contributed by atoms with Crippen LogP contribution in [0.4, 0.5) is 16.2 Å². The van der Waals surface area contributed by atoms with E-state index in [1.165, 1.54) is 30.3 Å². The number of phenolic OH excluding ortho intramolecular Hbond substituents is 1. The summed E-state index contributed by atoms with van der Waals surface area (Å²) in [7, 11) is -3.46. The first kappa shape index (κ1) is 16.1. The molecule has 0 fully saturated rings. The van der Waals surface area contributed by atoms with Gasteiger partial charge in [0.1, 0.15) is 5.75 Å². The number of carbonyl (C=O) groups excluding carboxylic acids is 1. The van der Waals surface area contributed by atoms with Gasteiger partial charge in [-0.25, -0.2) is 13.2 Å². The summed E-state index contributed by atoms with van der Waals surface area (Å²) in [5.74, 6) is -0.102. The van der Waals surface area contributed by atoms with Gasteiger partial charge in [0.2, 0.25) is 0 Å². The largest absolute Gasteiger partial charge is 0.506 e. The van der Waals surface area contributed by atoms with Gasteiger partial charge in [-0.15, -0.1) is 0 Å². The molecule has 0 aliphatic rings. The monoisotopic (exact) mass is 340 g/mol. The van der Waals surface area contributed by atoms with Crippen molar-refractivity contribution in [1.82, 2.24) is 0 Å². The molecule has 2 amide bonds. The van der Waals surface area contributed by atoms with Crippen LogP contribution in [-0.4, -0.2) is 25.8 Å². The molecule has 0 heterocycles. The maximum atomic E-state index is 11.9. The summed E-state index contributed by atoms with van der Waals surface area (Å²) in [6.45, 7) is 0. The van der Waals surface area contributed by atoms with Gasteiger partial charge in [-0.05, 0) is 30.3 Å². The summed E-state index contributed by atoms with van der Waals surface area (Å²) in [5.41, 5.74) is 0.532. The number of rotatable bonds is 3. The van der Waals surface area contributed by atoms with Crippen LogP contribution in [0.2, 0.25) is 5.02 Å². The van der Waals surface area contributed by atoms with E-state index in [2.05, 4.69) is 10.6 Å². The molecule has 22 heavy (non-hydrogen) atoms. The van der Waals surface area contributed by atoms with Crippen molar-refractivity contribution in [3.05, 3.63) is 47.5 Å². The molecule has 0 atom stereocenters. The molecule has 0 aliphatic carbocycles. The summed E-state index contributed by atoms with van der Waals surface area (Å²) in [6, 6.07) is 9.62. The number of aromatic hydroxyl groups is 1. The van der Waals surface area contributed by atoms with Crippen LogP contribution in [0.1, 0.15) is 0 Å².